The van der Waals surface area contributed by atoms with Gasteiger partial charge in [-0.2, -0.15) is 0 Å². The van der Waals surface area contributed by atoms with Crippen LogP contribution in [0.25, 0.3) is 5.76 Å². The molecule has 1 saturated heterocycles. The molecule has 36 heavy (non-hydrogen) atoms. The van der Waals surface area contributed by atoms with E-state index in [9.17, 15) is 14.7 Å². The fourth-order valence-corrected chi connectivity index (χ4v) is 4.53. The van der Waals surface area contributed by atoms with Gasteiger partial charge in [0.05, 0.1) is 17.7 Å². The molecular weight excluding hydrogens is 452 g/mol. The molecule has 1 amide bonds. The average molecular weight is 493 g/mol. The molecule has 1 aliphatic heterocycles. The number of carbonyl (C=O) groups excluding carboxylic acids is 2. The molecule has 1 aliphatic rings. The first-order chi connectivity index (χ1) is 17.0. The quantitative estimate of drug-likeness (QED) is 0.283. The summed E-state index contributed by atoms with van der Waals surface area (Å²) >= 11 is 0. The van der Waals surface area contributed by atoms with Crippen LogP contribution in [0.5, 0.6) is 5.75 Å². The Hall–Kier alpha value is -3.12. The van der Waals surface area contributed by atoms with Gasteiger partial charge in [0, 0.05) is 18.7 Å². The van der Waals surface area contributed by atoms with Gasteiger partial charge in [0.2, 0.25) is 0 Å². The lowest BCUT2D eigenvalue weighted by Crippen LogP contribution is -2.38. The lowest BCUT2D eigenvalue weighted by atomic mass is 9.85. The van der Waals surface area contributed by atoms with Gasteiger partial charge < -0.3 is 19.6 Å². The number of likely N-dealkylation sites (tertiary alicyclic amines) is 1. The number of ether oxygens (including phenoxy) is 1. The molecule has 6 nitrogen and oxygen atoms in total. The predicted octanol–water partition coefficient (Wildman–Crippen LogP) is 5.53. The van der Waals surface area contributed by atoms with E-state index in [1.165, 1.54) is 0 Å². The van der Waals surface area contributed by atoms with Gasteiger partial charge in [-0.1, -0.05) is 58.9 Å². The lowest BCUT2D eigenvalue weighted by molar-refractivity contribution is -0.140. The van der Waals surface area contributed by atoms with Crippen LogP contribution in [0.15, 0.2) is 54.1 Å². The summed E-state index contributed by atoms with van der Waals surface area (Å²) in [7, 11) is 0. The Morgan fingerprint density at radius 2 is 1.58 bits per heavy atom. The monoisotopic (exact) mass is 492 g/mol. The van der Waals surface area contributed by atoms with Crippen molar-refractivity contribution in [2.45, 2.75) is 66.0 Å². The van der Waals surface area contributed by atoms with E-state index in [-0.39, 0.29) is 22.9 Å². The zero-order valence-electron chi connectivity index (χ0n) is 22.7. The van der Waals surface area contributed by atoms with Crippen molar-refractivity contribution in [3.8, 4) is 5.75 Å². The number of hydrogen-bond acceptors (Lipinski definition) is 5. The standard InChI is InChI=1S/C30H40N2O4/c1-8-31(9-2)18-19-32-26(21-10-14-23(15-11-21)30(5,6)7)25(28(34)29(32)35)27(33)22-12-16-24(17-13-22)36-20(3)4/h10-17,20,26,33H,8-9,18-19H2,1-7H3/b27-25+. The van der Waals surface area contributed by atoms with Crippen molar-refractivity contribution in [2.75, 3.05) is 26.2 Å². The summed E-state index contributed by atoms with van der Waals surface area (Å²) in [5, 5.41) is 11.3. The molecule has 1 N–H and O–H groups in total. The first-order valence-electron chi connectivity index (χ1n) is 12.9. The van der Waals surface area contributed by atoms with Crippen molar-refractivity contribution < 1.29 is 19.4 Å². The van der Waals surface area contributed by atoms with E-state index in [0.717, 1.165) is 24.2 Å². The molecule has 0 bridgehead atoms. The molecule has 0 saturated carbocycles. The van der Waals surface area contributed by atoms with Gasteiger partial charge in [-0.05, 0) is 67.7 Å². The Morgan fingerprint density at radius 3 is 2.08 bits per heavy atom. The van der Waals surface area contributed by atoms with Crippen molar-refractivity contribution in [3.63, 3.8) is 0 Å². The molecule has 0 spiro atoms. The zero-order valence-corrected chi connectivity index (χ0v) is 22.7. The van der Waals surface area contributed by atoms with Gasteiger partial charge >= 0.3 is 0 Å². The number of ketones is 1. The molecule has 194 valence electrons. The van der Waals surface area contributed by atoms with Gasteiger partial charge in [0.1, 0.15) is 11.5 Å². The number of rotatable bonds is 9. The molecule has 6 heteroatoms. The summed E-state index contributed by atoms with van der Waals surface area (Å²) in [6.07, 6.45) is 0.0247. The summed E-state index contributed by atoms with van der Waals surface area (Å²) in [4.78, 5) is 30.3. The minimum absolute atomic E-state index is 0.0247. The van der Waals surface area contributed by atoms with Crippen molar-refractivity contribution in [1.29, 1.82) is 0 Å². The molecule has 0 aliphatic carbocycles. The normalized spacial score (nSPS) is 17.9. The van der Waals surface area contributed by atoms with Gasteiger partial charge in [-0.15, -0.1) is 0 Å². The average Bonchev–Trinajstić information content (AvgIpc) is 3.09. The van der Waals surface area contributed by atoms with Crippen LogP contribution < -0.4 is 4.74 Å². The number of benzene rings is 2. The number of nitrogens with zero attached hydrogens (tertiary/aromatic N) is 2. The fourth-order valence-electron chi connectivity index (χ4n) is 4.53. The Morgan fingerprint density at radius 1 is 1.00 bits per heavy atom. The van der Waals surface area contributed by atoms with Crippen LogP contribution in [0.4, 0.5) is 0 Å². The fraction of sp³-hybridized carbons (Fsp3) is 0.467. The molecule has 2 aromatic carbocycles. The highest BCUT2D eigenvalue weighted by molar-refractivity contribution is 6.46. The van der Waals surface area contributed by atoms with E-state index in [1.807, 2.05) is 38.1 Å². The van der Waals surface area contributed by atoms with Gasteiger partial charge in [-0.3, -0.25) is 9.59 Å². The molecule has 2 aromatic rings. The number of likely N-dealkylation sites (N-methyl/N-ethyl adjacent to an activating group) is 1. The van der Waals surface area contributed by atoms with E-state index in [1.54, 1.807) is 29.2 Å². The van der Waals surface area contributed by atoms with Crippen LogP contribution >= 0.6 is 0 Å². The molecular formula is C30H40N2O4. The smallest absolute Gasteiger partial charge is 0.295 e. The van der Waals surface area contributed by atoms with Crippen LogP contribution in [0, 0.1) is 0 Å². The minimum Gasteiger partial charge on any atom is -0.507 e. The maximum Gasteiger partial charge on any atom is 0.295 e. The van der Waals surface area contributed by atoms with Crippen LogP contribution in [-0.2, 0) is 15.0 Å². The maximum atomic E-state index is 13.3. The Balaban J connectivity index is 2.07. The summed E-state index contributed by atoms with van der Waals surface area (Å²) in [6, 6.07) is 14.3. The third-order valence-corrected chi connectivity index (χ3v) is 6.68. The third-order valence-electron chi connectivity index (χ3n) is 6.68. The van der Waals surface area contributed by atoms with Crippen molar-refractivity contribution in [2.24, 2.45) is 0 Å². The van der Waals surface area contributed by atoms with E-state index in [4.69, 9.17) is 4.74 Å². The Kier molecular flexibility index (Phi) is 8.62. The lowest BCUT2D eigenvalue weighted by Gasteiger charge is -2.28. The summed E-state index contributed by atoms with van der Waals surface area (Å²) in [6.45, 7) is 17.2. The molecule has 0 aromatic heterocycles. The highest BCUT2D eigenvalue weighted by Gasteiger charge is 2.46. The molecule has 1 heterocycles. The number of aliphatic hydroxyl groups excluding tert-OH is 1. The highest BCUT2D eigenvalue weighted by Crippen LogP contribution is 2.40. The number of carbonyl (C=O) groups is 2. The highest BCUT2D eigenvalue weighted by atomic mass is 16.5. The number of Topliss-reactive ketones (excluding diaryl/α,β-unsaturated/α-hetero) is 1. The van der Waals surface area contributed by atoms with Crippen LogP contribution in [0.3, 0.4) is 0 Å². The molecule has 1 fully saturated rings. The second-order valence-corrected chi connectivity index (χ2v) is 10.6. The SMILES string of the molecule is CCN(CC)CCN1C(=O)C(=O)/C(=C(/O)c2ccc(OC(C)C)cc2)C1c1ccc(C(C)(C)C)cc1. The Labute approximate surface area is 215 Å². The van der Waals surface area contributed by atoms with Crippen molar-refractivity contribution >= 4 is 17.4 Å². The minimum atomic E-state index is -0.653. The summed E-state index contributed by atoms with van der Waals surface area (Å²) in [5.41, 5.74) is 2.54. The number of hydrogen-bond donors (Lipinski definition) is 1. The first-order valence-corrected chi connectivity index (χ1v) is 12.9. The zero-order chi connectivity index (χ0) is 26.6. The van der Waals surface area contributed by atoms with Crippen molar-refractivity contribution in [1.82, 2.24) is 9.80 Å². The molecule has 1 atom stereocenters. The largest absolute Gasteiger partial charge is 0.507 e. The van der Waals surface area contributed by atoms with Gasteiger partial charge in [0.25, 0.3) is 11.7 Å². The second-order valence-electron chi connectivity index (χ2n) is 10.6. The second kappa shape index (κ2) is 11.3. The number of aliphatic hydroxyl groups is 1. The number of amides is 1. The summed E-state index contributed by atoms with van der Waals surface area (Å²) in [5.74, 6) is -0.719. The van der Waals surface area contributed by atoms with Gasteiger partial charge in [-0.25, -0.2) is 0 Å². The molecule has 0 radical (unpaired) electrons. The van der Waals surface area contributed by atoms with E-state index in [0.29, 0.717) is 24.4 Å². The van der Waals surface area contributed by atoms with Crippen LogP contribution in [0.1, 0.15) is 71.2 Å². The third kappa shape index (κ3) is 5.98. The predicted molar refractivity (Wildman–Crippen MR) is 144 cm³/mol. The van der Waals surface area contributed by atoms with Crippen LogP contribution in [0.2, 0.25) is 0 Å². The summed E-state index contributed by atoms with van der Waals surface area (Å²) < 4.78 is 5.70. The maximum absolute atomic E-state index is 13.3. The van der Waals surface area contributed by atoms with E-state index in [2.05, 4.69) is 39.5 Å². The van der Waals surface area contributed by atoms with Crippen LogP contribution in [-0.4, -0.2) is 58.9 Å². The van der Waals surface area contributed by atoms with Gasteiger partial charge in [0.15, 0.2) is 0 Å². The molecule has 1 unspecified atom stereocenters. The van der Waals surface area contributed by atoms with Crippen molar-refractivity contribution in [3.05, 3.63) is 70.8 Å². The Bertz CT molecular complexity index is 1090. The molecule has 3 rings (SSSR count). The topological polar surface area (TPSA) is 70.1 Å². The first kappa shape index (κ1) is 27.5. The van der Waals surface area contributed by atoms with E-state index < -0.39 is 17.7 Å². The van der Waals surface area contributed by atoms with E-state index >= 15 is 0 Å².